The second kappa shape index (κ2) is 7.36. The maximum Gasteiger partial charge on any atom is 0.341 e. The SMILES string of the molecule is CC1=CC(=O)C(C(=O)C=Cc2ccc(OCC(=O)O)cc2)C(=O)O1. The predicted molar refractivity (Wildman–Crippen MR) is 82.0 cm³/mol. The van der Waals surface area contributed by atoms with Crippen molar-refractivity contribution < 1.29 is 33.8 Å². The van der Waals surface area contributed by atoms with Gasteiger partial charge in [0.25, 0.3) is 0 Å². The third kappa shape index (κ3) is 4.39. The van der Waals surface area contributed by atoms with Gasteiger partial charge in [0.1, 0.15) is 11.5 Å². The van der Waals surface area contributed by atoms with Crippen LogP contribution >= 0.6 is 0 Å². The van der Waals surface area contributed by atoms with E-state index in [9.17, 15) is 19.2 Å². The highest BCUT2D eigenvalue weighted by Gasteiger charge is 2.36. The van der Waals surface area contributed by atoms with Crippen molar-refractivity contribution in [2.24, 2.45) is 5.92 Å². The van der Waals surface area contributed by atoms with Crippen molar-refractivity contribution in [3.8, 4) is 5.75 Å². The lowest BCUT2D eigenvalue weighted by molar-refractivity contribution is -0.151. The second-order valence-corrected chi connectivity index (χ2v) is 5.00. The number of benzene rings is 1. The molecule has 0 spiro atoms. The molecule has 1 unspecified atom stereocenters. The van der Waals surface area contributed by atoms with Crippen molar-refractivity contribution in [2.45, 2.75) is 6.92 Å². The molecule has 1 aromatic rings. The van der Waals surface area contributed by atoms with Gasteiger partial charge in [0.2, 0.25) is 0 Å². The van der Waals surface area contributed by atoms with E-state index in [1.54, 1.807) is 24.3 Å². The van der Waals surface area contributed by atoms with Crippen LogP contribution in [0.25, 0.3) is 6.08 Å². The molecule has 1 aliphatic rings. The highest BCUT2D eigenvalue weighted by Crippen LogP contribution is 2.17. The van der Waals surface area contributed by atoms with Crippen molar-refractivity contribution in [3.05, 3.63) is 47.7 Å². The monoisotopic (exact) mass is 330 g/mol. The van der Waals surface area contributed by atoms with E-state index in [4.69, 9.17) is 14.6 Å². The fourth-order valence-corrected chi connectivity index (χ4v) is 2.00. The molecule has 0 aliphatic carbocycles. The summed E-state index contributed by atoms with van der Waals surface area (Å²) >= 11 is 0. The molecule has 0 amide bonds. The van der Waals surface area contributed by atoms with Gasteiger partial charge in [-0.25, -0.2) is 4.79 Å². The molecular weight excluding hydrogens is 316 g/mol. The number of hydrogen-bond acceptors (Lipinski definition) is 6. The Labute approximate surface area is 137 Å². The first kappa shape index (κ1) is 17.1. The van der Waals surface area contributed by atoms with E-state index >= 15 is 0 Å². The molecule has 0 bridgehead atoms. The van der Waals surface area contributed by atoms with Gasteiger partial charge in [-0.1, -0.05) is 18.2 Å². The van der Waals surface area contributed by atoms with Gasteiger partial charge in [0.05, 0.1) is 0 Å². The first-order chi connectivity index (χ1) is 11.4. The minimum absolute atomic E-state index is 0.162. The maximum absolute atomic E-state index is 12.0. The van der Waals surface area contributed by atoms with Crippen LogP contribution in [0.1, 0.15) is 12.5 Å². The van der Waals surface area contributed by atoms with Gasteiger partial charge in [-0.2, -0.15) is 0 Å². The average molecular weight is 330 g/mol. The van der Waals surface area contributed by atoms with Crippen LogP contribution in [0, 0.1) is 5.92 Å². The van der Waals surface area contributed by atoms with Gasteiger partial charge < -0.3 is 14.6 Å². The molecule has 1 aromatic carbocycles. The van der Waals surface area contributed by atoms with Gasteiger partial charge in [0.15, 0.2) is 24.1 Å². The number of hydrogen-bond donors (Lipinski definition) is 1. The molecule has 0 saturated heterocycles. The summed E-state index contributed by atoms with van der Waals surface area (Å²) in [5.41, 5.74) is 0.620. The van der Waals surface area contributed by atoms with Crippen LogP contribution in [0.3, 0.4) is 0 Å². The number of carbonyl (C=O) groups excluding carboxylic acids is 3. The van der Waals surface area contributed by atoms with E-state index in [2.05, 4.69) is 0 Å². The molecule has 0 radical (unpaired) electrons. The van der Waals surface area contributed by atoms with E-state index in [1.165, 1.54) is 13.0 Å². The normalized spacial score (nSPS) is 17.4. The van der Waals surface area contributed by atoms with Crippen molar-refractivity contribution >= 4 is 29.6 Å². The van der Waals surface area contributed by atoms with E-state index in [-0.39, 0.29) is 5.76 Å². The molecule has 0 aromatic heterocycles. The number of ether oxygens (including phenoxy) is 2. The molecular formula is C17H14O7. The Kier molecular flexibility index (Phi) is 5.26. The second-order valence-electron chi connectivity index (χ2n) is 5.00. The summed E-state index contributed by atoms with van der Waals surface area (Å²) in [5.74, 6) is -4.17. The number of rotatable bonds is 6. The standard InChI is InChI=1S/C17H14O7/c1-10-8-14(19)16(17(22)24-10)13(18)7-4-11-2-5-12(6-3-11)23-9-15(20)21/h2-8,16H,9H2,1H3,(H,20,21). The number of aliphatic carboxylic acids is 1. The Morgan fingerprint density at radius 1 is 1.25 bits per heavy atom. The summed E-state index contributed by atoms with van der Waals surface area (Å²) in [7, 11) is 0. The molecule has 2 rings (SSSR count). The van der Waals surface area contributed by atoms with Crippen LogP contribution < -0.4 is 4.74 Å². The van der Waals surface area contributed by atoms with Gasteiger partial charge in [-0.3, -0.25) is 14.4 Å². The molecule has 24 heavy (non-hydrogen) atoms. The summed E-state index contributed by atoms with van der Waals surface area (Å²) in [6.07, 6.45) is 3.69. The zero-order valence-corrected chi connectivity index (χ0v) is 12.7. The number of allylic oxidation sites excluding steroid dienone is 3. The minimum Gasteiger partial charge on any atom is -0.482 e. The zero-order valence-electron chi connectivity index (χ0n) is 12.7. The van der Waals surface area contributed by atoms with Crippen LogP contribution in [0.4, 0.5) is 0 Å². The quantitative estimate of drug-likeness (QED) is 0.477. The number of ketones is 2. The summed E-state index contributed by atoms with van der Waals surface area (Å²) in [6, 6.07) is 6.29. The topological polar surface area (TPSA) is 107 Å². The number of esters is 1. The number of carboxylic acid groups (broad SMARTS) is 1. The van der Waals surface area contributed by atoms with Crippen LogP contribution in [-0.2, 0) is 23.9 Å². The summed E-state index contributed by atoms with van der Waals surface area (Å²) in [4.78, 5) is 45.8. The summed E-state index contributed by atoms with van der Waals surface area (Å²) < 4.78 is 9.76. The molecule has 1 atom stereocenters. The van der Waals surface area contributed by atoms with Crippen molar-refractivity contribution in [1.82, 2.24) is 0 Å². The van der Waals surface area contributed by atoms with Gasteiger partial charge in [0, 0.05) is 6.08 Å². The molecule has 1 N–H and O–H groups in total. The van der Waals surface area contributed by atoms with Crippen molar-refractivity contribution in [2.75, 3.05) is 6.61 Å². The largest absolute Gasteiger partial charge is 0.482 e. The third-order valence-corrected chi connectivity index (χ3v) is 3.09. The molecule has 0 saturated carbocycles. The Morgan fingerprint density at radius 2 is 1.92 bits per heavy atom. The van der Waals surface area contributed by atoms with Crippen molar-refractivity contribution in [3.63, 3.8) is 0 Å². The van der Waals surface area contributed by atoms with Gasteiger partial charge in [-0.05, 0) is 30.7 Å². The van der Waals surface area contributed by atoms with E-state index in [1.807, 2.05) is 0 Å². The minimum atomic E-state index is -1.47. The smallest absolute Gasteiger partial charge is 0.341 e. The molecule has 1 heterocycles. The fourth-order valence-electron chi connectivity index (χ4n) is 2.00. The highest BCUT2D eigenvalue weighted by atomic mass is 16.5. The predicted octanol–water partition coefficient (Wildman–Crippen LogP) is 1.38. The number of cyclic esters (lactones) is 1. The van der Waals surface area contributed by atoms with Gasteiger partial charge >= 0.3 is 11.9 Å². The Bertz CT molecular complexity index is 741. The van der Waals surface area contributed by atoms with Crippen LogP contribution in [0.2, 0.25) is 0 Å². The van der Waals surface area contributed by atoms with E-state index in [0.29, 0.717) is 11.3 Å². The van der Waals surface area contributed by atoms with Gasteiger partial charge in [-0.15, -0.1) is 0 Å². The molecule has 0 fully saturated rings. The highest BCUT2D eigenvalue weighted by molar-refractivity contribution is 6.25. The van der Waals surface area contributed by atoms with E-state index < -0.39 is 36.0 Å². The number of carboxylic acids is 1. The lowest BCUT2D eigenvalue weighted by Gasteiger charge is -2.15. The molecule has 7 nitrogen and oxygen atoms in total. The Hall–Kier alpha value is -3.22. The van der Waals surface area contributed by atoms with Crippen LogP contribution in [0.5, 0.6) is 5.75 Å². The zero-order chi connectivity index (χ0) is 17.7. The first-order valence-electron chi connectivity index (χ1n) is 6.97. The fraction of sp³-hybridized carbons (Fsp3) is 0.176. The summed E-state index contributed by atoms with van der Waals surface area (Å²) in [5, 5.41) is 8.51. The van der Waals surface area contributed by atoms with E-state index in [0.717, 1.165) is 12.2 Å². The maximum atomic E-state index is 12.0. The molecule has 7 heteroatoms. The molecule has 1 aliphatic heterocycles. The van der Waals surface area contributed by atoms with Crippen LogP contribution in [0.15, 0.2) is 42.2 Å². The lowest BCUT2D eigenvalue weighted by Crippen LogP contribution is -2.34. The average Bonchev–Trinajstić information content (AvgIpc) is 2.51. The van der Waals surface area contributed by atoms with Crippen molar-refractivity contribution in [1.29, 1.82) is 0 Å². The van der Waals surface area contributed by atoms with Crippen LogP contribution in [-0.4, -0.2) is 35.2 Å². The summed E-state index contributed by atoms with van der Waals surface area (Å²) in [6.45, 7) is 1.01. The first-order valence-corrected chi connectivity index (χ1v) is 6.97. The third-order valence-electron chi connectivity index (χ3n) is 3.09. The lowest BCUT2D eigenvalue weighted by atomic mass is 9.96. The Morgan fingerprint density at radius 3 is 2.50 bits per heavy atom. The number of carbonyl (C=O) groups is 4. The molecule has 124 valence electrons. The Balaban J connectivity index is 2.02.